The third-order valence-corrected chi connectivity index (χ3v) is 13.2. The first-order chi connectivity index (χ1) is 28.1. The van der Waals surface area contributed by atoms with E-state index in [0.29, 0.717) is 70.9 Å². The maximum Gasteiger partial charge on any atom is 0.234 e. The molecule has 5 aliphatic rings. The summed E-state index contributed by atoms with van der Waals surface area (Å²) in [6, 6.07) is 19.7. The summed E-state index contributed by atoms with van der Waals surface area (Å²) in [5.74, 6) is 1.29. The lowest BCUT2D eigenvalue weighted by atomic mass is 9.62. The van der Waals surface area contributed by atoms with Crippen LogP contribution in [0.15, 0.2) is 67.0 Å². The smallest absolute Gasteiger partial charge is 0.234 e. The molecule has 9 rings (SSSR count). The molecule has 2 atom stereocenters. The molecule has 0 bridgehead atoms. The fourth-order valence-electron chi connectivity index (χ4n) is 9.77. The number of hydrogen-bond acceptors (Lipinski definition) is 10. The molecule has 300 valence electrons. The highest BCUT2D eigenvalue weighted by atomic mass is 35.5. The van der Waals surface area contributed by atoms with Crippen molar-refractivity contribution in [2.75, 3.05) is 39.3 Å². The van der Waals surface area contributed by atoms with E-state index < -0.39 is 5.41 Å². The number of pyridine rings is 1. The number of nitrogens with one attached hydrogen (secondary N) is 1. The highest BCUT2D eigenvalue weighted by Crippen LogP contribution is 2.49. The molecule has 1 unspecified atom stereocenters. The fourth-order valence-corrected chi connectivity index (χ4v) is 10.3. The number of likely N-dealkylation sites (tertiary alicyclic amines) is 2. The van der Waals surface area contributed by atoms with Crippen LogP contribution in [0.5, 0.6) is 17.2 Å². The Bertz CT molecular complexity index is 2300. The summed E-state index contributed by atoms with van der Waals surface area (Å²) in [7, 11) is 0. The van der Waals surface area contributed by atoms with Gasteiger partial charge in [0.1, 0.15) is 36.0 Å². The van der Waals surface area contributed by atoms with Crippen LogP contribution in [0.3, 0.4) is 0 Å². The molecule has 4 fully saturated rings. The van der Waals surface area contributed by atoms with E-state index in [0.717, 1.165) is 79.6 Å². The first-order valence-corrected chi connectivity index (χ1v) is 20.8. The fraction of sp³-hybridized carbons (Fsp3) is 0.422. The van der Waals surface area contributed by atoms with Gasteiger partial charge in [-0.3, -0.25) is 24.8 Å². The number of benzene rings is 3. The van der Waals surface area contributed by atoms with Gasteiger partial charge in [0.15, 0.2) is 0 Å². The topological polar surface area (TPSA) is 137 Å². The number of halogens is 2. The van der Waals surface area contributed by atoms with Crippen molar-refractivity contribution in [2.45, 2.75) is 70.3 Å². The number of aliphatic hydroxyl groups excluding tert-OH is 1. The number of hydrogen-bond donors (Lipinski definition) is 2. The van der Waals surface area contributed by atoms with E-state index in [1.807, 2.05) is 36.4 Å². The van der Waals surface area contributed by atoms with Crippen molar-refractivity contribution in [1.82, 2.24) is 20.1 Å². The Morgan fingerprint density at radius 2 is 1.79 bits per heavy atom. The number of nitrogens with zero attached hydrogens (tertiary/aromatic N) is 4. The summed E-state index contributed by atoms with van der Waals surface area (Å²) in [6.45, 7) is 5.42. The molecule has 58 heavy (non-hydrogen) atoms. The zero-order valence-electron chi connectivity index (χ0n) is 32.1. The van der Waals surface area contributed by atoms with Gasteiger partial charge in [-0.1, -0.05) is 53.5 Å². The first kappa shape index (κ1) is 38.8. The minimum atomic E-state index is -0.707. The molecule has 2 amide bonds. The van der Waals surface area contributed by atoms with E-state index in [9.17, 15) is 20.0 Å². The molecule has 3 aromatic carbocycles. The average Bonchev–Trinajstić information content (AvgIpc) is 3.88. The van der Waals surface area contributed by atoms with E-state index in [-0.39, 0.29) is 37.0 Å². The zero-order valence-corrected chi connectivity index (χ0v) is 33.7. The van der Waals surface area contributed by atoms with E-state index in [2.05, 4.69) is 38.3 Å². The molecule has 13 heteroatoms. The molecule has 1 saturated carbocycles. The van der Waals surface area contributed by atoms with Gasteiger partial charge in [0.05, 0.1) is 33.7 Å². The number of fused-ring (bicyclic) bond motifs is 1. The van der Waals surface area contributed by atoms with E-state index in [1.54, 1.807) is 12.3 Å². The van der Waals surface area contributed by atoms with Crippen LogP contribution in [0.4, 0.5) is 0 Å². The van der Waals surface area contributed by atoms with Gasteiger partial charge < -0.3 is 24.2 Å². The van der Waals surface area contributed by atoms with Crippen molar-refractivity contribution in [2.24, 2.45) is 10.8 Å². The maximum absolute atomic E-state index is 12.7. The Balaban J connectivity index is 0.903. The average molecular weight is 823 g/mol. The van der Waals surface area contributed by atoms with Crippen molar-refractivity contribution in [1.29, 1.82) is 5.26 Å². The van der Waals surface area contributed by atoms with Crippen molar-refractivity contribution in [3.8, 4) is 34.4 Å². The predicted octanol–water partition coefficient (Wildman–Crippen LogP) is 7.04. The number of carbonyl (C=O) groups excluding carboxylic acids is 2. The molecule has 4 heterocycles. The molecule has 2 spiro atoms. The third kappa shape index (κ3) is 7.64. The van der Waals surface area contributed by atoms with E-state index in [4.69, 9.17) is 37.4 Å². The quantitative estimate of drug-likeness (QED) is 0.107. The van der Waals surface area contributed by atoms with Crippen LogP contribution < -0.4 is 19.5 Å². The van der Waals surface area contributed by atoms with E-state index >= 15 is 0 Å². The minimum Gasteiger partial charge on any atom is -0.492 e. The van der Waals surface area contributed by atoms with Crippen LogP contribution in [0.2, 0.25) is 10.0 Å². The molecule has 3 aliphatic heterocycles. The van der Waals surface area contributed by atoms with Crippen LogP contribution in [0.25, 0.3) is 11.1 Å². The summed E-state index contributed by atoms with van der Waals surface area (Å²) >= 11 is 14.0. The van der Waals surface area contributed by atoms with Crippen LogP contribution in [0.1, 0.15) is 72.4 Å². The molecule has 2 aliphatic carbocycles. The second kappa shape index (κ2) is 15.8. The Morgan fingerprint density at radius 1 is 0.966 bits per heavy atom. The lowest BCUT2D eigenvalue weighted by Crippen LogP contribution is -2.63. The van der Waals surface area contributed by atoms with Crippen molar-refractivity contribution < 1.29 is 28.9 Å². The number of nitriles is 1. The molecule has 3 saturated heterocycles. The molecular formula is C45H45Cl2N5O6. The van der Waals surface area contributed by atoms with E-state index in [1.165, 1.54) is 11.8 Å². The van der Waals surface area contributed by atoms with Gasteiger partial charge in [-0.15, -0.1) is 0 Å². The van der Waals surface area contributed by atoms with Crippen molar-refractivity contribution >= 4 is 35.0 Å². The van der Waals surface area contributed by atoms with Crippen LogP contribution in [-0.4, -0.2) is 77.1 Å². The third-order valence-electron chi connectivity index (χ3n) is 12.6. The maximum atomic E-state index is 12.7. The molecule has 11 nitrogen and oxygen atoms in total. The Morgan fingerprint density at radius 3 is 2.59 bits per heavy atom. The van der Waals surface area contributed by atoms with Crippen LogP contribution >= 0.6 is 23.2 Å². The molecule has 1 aromatic heterocycles. The van der Waals surface area contributed by atoms with Crippen molar-refractivity contribution in [3.63, 3.8) is 0 Å². The summed E-state index contributed by atoms with van der Waals surface area (Å²) in [4.78, 5) is 33.6. The number of imide groups is 1. The van der Waals surface area contributed by atoms with Crippen molar-refractivity contribution in [3.05, 3.63) is 105 Å². The van der Waals surface area contributed by atoms with Gasteiger partial charge in [0.25, 0.3) is 0 Å². The Kier molecular flexibility index (Phi) is 10.6. The number of carbonyl (C=O) groups is 2. The summed E-state index contributed by atoms with van der Waals surface area (Å²) in [5, 5.41) is 22.6. The highest BCUT2D eigenvalue weighted by Gasteiger charge is 2.52. The number of amides is 2. The number of rotatable bonds is 13. The Labute approximate surface area is 347 Å². The Hall–Kier alpha value is -4.70. The minimum absolute atomic E-state index is 0.112. The molecule has 0 radical (unpaired) electrons. The summed E-state index contributed by atoms with van der Waals surface area (Å²) in [6.07, 6.45) is 7.91. The molecular weight excluding hydrogens is 777 g/mol. The largest absolute Gasteiger partial charge is 0.492 e. The molecule has 2 N–H and O–H groups in total. The van der Waals surface area contributed by atoms with Gasteiger partial charge in [0, 0.05) is 79.7 Å². The number of ether oxygens (including phenoxy) is 3. The van der Waals surface area contributed by atoms with Gasteiger partial charge in [-0.25, -0.2) is 0 Å². The lowest BCUT2D eigenvalue weighted by Gasteiger charge is -2.58. The predicted molar refractivity (Wildman–Crippen MR) is 218 cm³/mol. The standard InChI is InChI=1S/C45H45Cl2N5O6/c46-36-15-30(23-51-12-10-45(27-51)19-41(54)50-43(45)55)39(57-24-29-14-28(20-48)21-49-22-29)16-40(36)58-37-9-8-33-32(4-1-5-34(33)37)35-6-2-7-38(42(35)47)56-13-3-11-52-25-44(26-52)17-31(53)18-44/h1-2,4-7,14-16,21-22,31,37,53H,3,8-13,17-19,23-27H2,(H,50,54,55)/t37-,45?/m0/s1. The van der Waals surface area contributed by atoms with Gasteiger partial charge >= 0.3 is 0 Å². The number of aliphatic hydroxyl groups is 1. The van der Waals surface area contributed by atoms with Crippen LogP contribution in [0, 0.1) is 22.2 Å². The monoisotopic (exact) mass is 821 g/mol. The second-order valence-corrected chi connectivity index (χ2v) is 17.6. The molecule has 4 aromatic rings. The zero-order chi connectivity index (χ0) is 40.0. The van der Waals surface area contributed by atoms with Crippen LogP contribution in [-0.2, 0) is 29.2 Å². The summed E-state index contributed by atoms with van der Waals surface area (Å²) < 4.78 is 19.3. The van der Waals surface area contributed by atoms with Gasteiger partial charge in [-0.05, 0) is 80.0 Å². The van der Waals surface area contributed by atoms with Gasteiger partial charge in [0.2, 0.25) is 11.8 Å². The number of aromatic nitrogens is 1. The van der Waals surface area contributed by atoms with Gasteiger partial charge in [-0.2, -0.15) is 5.26 Å². The first-order valence-electron chi connectivity index (χ1n) is 20.1. The normalized spacial score (nSPS) is 22.4. The lowest BCUT2D eigenvalue weighted by molar-refractivity contribution is -0.128. The SMILES string of the molecule is N#Cc1cncc(COc2cc(O[C@H]3CCc4c(-c5cccc(OCCCN6CC7(CC(O)C7)C6)c5Cl)cccc43)c(Cl)cc2CN2CCC3(CC(=O)NC3=O)C2)c1. The summed E-state index contributed by atoms with van der Waals surface area (Å²) in [5.41, 5.74) is 5.86. The second-order valence-electron chi connectivity index (χ2n) is 16.8. The highest BCUT2D eigenvalue weighted by molar-refractivity contribution is 6.35.